The summed E-state index contributed by atoms with van der Waals surface area (Å²) >= 11 is 0. The molecule has 45 heavy (non-hydrogen) atoms. The van der Waals surface area contributed by atoms with Crippen molar-refractivity contribution in [1.29, 1.82) is 0 Å². The van der Waals surface area contributed by atoms with Gasteiger partial charge in [0.05, 0.1) is 0 Å². The molecule has 1 nitrogen and oxygen atoms in total. The van der Waals surface area contributed by atoms with E-state index in [1.54, 1.807) is 0 Å². The summed E-state index contributed by atoms with van der Waals surface area (Å²) in [5.74, 6) is 0. The van der Waals surface area contributed by atoms with Gasteiger partial charge in [-0.1, -0.05) is 175 Å². The van der Waals surface area contributed by atoms with Gasteiger partial charge in [0.2, 0.25) is 13.4 Å². The third kappa shape index (κ3) is 4.19. The summed E-state index contributed by atoms with van der Waals surface area (Å²) < 4.78 is 0. The van der Waals surface area contributed by atoms with E-state index in [-0.39, 0.29) is 13.4 Å². The number of para-hydroxylation sites is 2. The molecule has 3 heteroatoms. The van der Waals surface area contributed by atoms with Crippen molar-refractivity contribution in [2.24, 2.45) is 0 Å². The zero-order valence-electron chi connectivity index (χ0n) is 24.8. The highest BCUT2D eigenvalue weighted by Crippen LogP contribution is 2.38. The van der Waals surface area contributed by atoms with E-state index in [0.29, 0.717) is 0 Å². The van der Waals surface area contributed by atoms with Crippen molar-refractivity contribution in [3.05, 3.63) is 176 Å². The molecule has 0 saturated heterocycles. The van der Waals surface area contributed by atoms with E-state index in [9.17, 15) is 0 Å². The smallest absolute Gasteiger partial charge is 0.246 e. The van der Waals surface area contributed by atoms with Gasteiger partial charge >= 0.3 is 0 Å². The lowest BCUT2D eigenvalue weighted by Crippen LogP contribution is -2.64. The maximum Gasteiger partial charge on any atom is 0.246 e. The molecular formula is C42H29B2N. The molecule has 0 aliphatic carbocycles. The second-order valence-corrected chi connectivity index (χ2v) is 12.1. The van der Waals surface area contributed by atoms with Crippen LogP contribution in [0.25, 0.3) is 22.3 Å². The summed E-state index contributed by atoms with van der Waals surface area (Å²) in [6.07, 6.45) is 0. The zero-order chi connectivity index (χ0) is 29.7. The SMILES string of the molecule is c1ccc(B2c3cc(-c4ccccc4)ccc3N3c4ccccc4B(c4cccc(-c5ccccc5)c4)c4cccc2c43)cc1. The van der Waals surface area contributed by atoms with Gasteiger partial charge in [-0.05, 0) is 56.2 Å². The quantitative estimate of drug-likeness (QED) is 0.230. The standard InChI is InChI=1S/C42H29B2N/c1-4-14-30(15-5-1)32-18-12-21-35(28-32)44-36-22-10-11-25-40(36)45-41-27-26-33(31-16-6-2-7-17-31)29-39(41)43(34-19-8-3-9-20-34)37-23-13-24-38(44)42(37)45/h1-29H. The maximum atomic E-state index is 2.54. The molecule has 2 aliphatic rings. The Morgan fingerprint density at radius 3 is 1.51 bits per heavy atom. The first-order valence-corrected chi connectivity index (χ1v) is 15.8. The van der Waals surface area contributed by atoms with Crippen molar-refractivity contribution in [2.75, 3.05) is 4.90 Å². The molecule has 7 aromatic carbocycles. The van der Waals surface area contributed by atoms with Crippen LogP contribution in [-0.2, 0) is 0 Å². The average molecular weight is 569 g/mol. The number of anilines is 3. The Kier molecular flexibility index (Phi) is 6.09. The van der Waals surface area contributed by atoms with E-state index >= 15 is 0 Å². The van der Waals surface area contributed by atoms with Gasteiger partial charge in [-0.15, -0.1) is 0 Å². The number of benzene rings is 7. The van der Waals surface area contributed by atoms with Crippen molar-refractivity contribution < 1.29 is 0 Å². The van der Waals surface area contributed by atoms with Crippen molar-refractivity contribution in [2.45, 2.75) is 0 Å². The first-order chi connectivity index (χ1) is 22.3. The van der Waals surface area contributed by atoms with Crippen LogP contribution in [0.5, 0.6) is 0 Å². The Hall–Kier alpha value is -5.53. The molecular weight excluding hydrogens is 540 g/mol. The molecule has 0 aromatic heterocycles. The topological polar surface area (TPSA) is 3.24 Å². The summed E-state index contributed by atoms with van der Waals surface area (Å²) in [6.45, 7) is 0.246. The third-order valence-electron chi connectivity index (χ3n) is 9.58. The lowest BCUT2D eigenvalue weighted by atomic mass is 9.30. The maximum absolute atomic E-state index is 2.54. The highest BCUT2D eigenvalue weighted by molar-refractivity contribution is 7.02. The van der Waals surface area contributed by atoms with E-state index in [0.717, 1.165) is 0 Å². The molecule has 2 aliphatic heterocycles. The van der Waals surface area contributed by atoms with E-state index in [1.807, 2.05) is 0 Å². The largest absolute Gasteiger partial charge is 0.313 e. The van der Waals surface area contributed by atoms with Gasteiger partial charge in [-0.25, -0.2) is 0 Å². The van der Waals surface area contributed by atoms with Gasteiger partial charge in [0.1, 0.15) is 0 Å². The molecule has 208 valence electrons. The monoisotopic (exact) mass is 569 g/mol. The molecule has 7 aromatic rings. The molecule has 9 rings (SSSR count). The van der Waals surface area contributed by atoms with Gasteiger partial charge in [0.15, 0.2) is 0 Å². The first-order valence-electron chi connectivity index (χ1n) is 15.8. The number of hydrogen-bond acceptors (Lipinski definition) is 1. The minimum Gasteiger partial charge on any atom is -0.313 e. The summed E-state index contributed by atoms with van der Waals surface area (Å²) in [5, 5.41) is 0. The third-order valence-corrected chi connectivity index (χ3v) is 9.58. The van der Waals surface area contributed by atoms with Crippen LogP contribution < -0.4 is 37.7 Å². The van der Waals surface area contributed by atoms with Gasteiger partial charge in [0.25, 0.3) is 0 Å². The van der Waals surface area contributed by atoms with Gasteiger partial charge < -0.3 is 4.90 Å². The van der Waals surface area contributed by atoms with E-state index in [4.69, 9.17) is 0 Å². The molecule has 0 atom stereocenters. The first kappa shape index (κ1) is 25.9. The molecule has 0 saturated carbocycles. The molecule has 2 heterocycles. The number of fused-ring (bicyclic) bond motifs is 4. The molecule has 0 fully saturated rings. The van der Waals surface area contributed by atoms with Crippen LogP contribution >= 0.6 is 0 Å². The van der Waals surface area contributed by atoms with Crippen LogP contribution in [0, 0.1) is 0 Å². The van der Waals surface area contributed by atoms with E-state index in [1.165, 1.54) is 72.1 Å². The minimum absolute atomic E-state index is 0.123. The van der Waals surface area contributed by atoms with Crippen LogP contribution in [0.15, 0.2) is 176 Å². The lowest BCUT2D eigenvalue weighted by molar-refractivity contribution is 1.30. The Balaban J connectivity index is 1.30. The van der Waals surface area contributed by atoms with Crippen molar-refractivity contribution in [1.82, 2.24) is 0 Å². The van der Waals surface area contributed by atoms with Crippen molar-refractivity contribution >= 4 is 63.3 Å². The zero-order valence-corrected chi connectivity index (χ0v) is 24.8. The lowest BCUT2D eigenvalue weighted by Gasteiger charge is -2.44. The Bertz CT molecular complexity index is 2160. The number of nitrogens with zero attached hydrogens (tertiary/aromatic N) is 1. The summed E-state index contributed by atoms with van der Waals surface area (Å²) in [4.78, 5) is 2.54. The average Bonchev–Trinajstić information content (AvgIpc) is 3.12. The summed E-state index contributed by atoms with van der Waals surface area (Å²) in [6, 6.07) is 64.7. The molecule has 0 radical (unpaired) electrons. The fraction of sp³-hybridized carbons (Fsp3) is 0. The Morgan fingerprint density at radius 1 is 0.311 bits per heavy atom. The normalized spacial score (nSPS) is 12.8. The van der Waals surface area contributed by atoms with Crippen molar-refractivity contribution in [3.8, 4) is 22.3 Å². The van der Waals surface area contributed by atoms with Gasteiger partial charge in [0, 0.05) is 17.1 Å². The predicted molar refractivity (Wildman–Crippen MR) is 194 cm³/mol. The molecule has 0 N–H and O–H groups in total. The fourth-order valence-corrected chi connectivity index (χ4v) is 7.64. The molecule has 0 spiro atoms. The molecule has 0 bridgehead atoms. The number of rotatable bonds is 4. The second kappa shape index (κ2) is 10.6. The van der Waals surface area contributed by atoms with Gasteiger partial charge in [-0.2, -0.15) is 0 Å². The molecule has 0 amide bonds. The van der Waals surface area contributed by atoms with Crippen LogP contribution in [0.4, 0.5) is 17.1 Å². The Labute approximate surface area is 265 Å². The summed E-state index contributed by atoms with van der Waals surface area (Å²) in [7, 11) is 0. The second-order valence-electron chi connectivity index (χ2n) is 12.1. The van der Waals surface area contributed by atoms with Crippen molar-refractivity contribution in [3.63, 3.8) is 0 Å². The fourth-order valence-electron chi connectivity index (χ4n) is 7.64. The highest BCUT2D eigenvalue weighted by atomic mass is 15.2. The van der Waals surface area contributed by atoms with Crippen LogP contribution in [0.3, 0.4) is 0 Å². The molecule has 0 unspecified atom stereocenters. The minimum atomic E-state index is 0.123. The van der Waals surface area contributed by atoms with Crippen LogP contribution in [0.2, 0.25) is 0 Å². The highest BCUT2D eigenvalue weighted by Gasteiger charge is 2.43. The van der Waals surface area contributed by atoms with Crippen LogP contribution in [-0.4, -0.2) is 13.4 Å². The predicted octanol–water partition coefficient (Wildman–Crippen LogP) is 6.15. The number of hydrogen-bond donors (Lipinski definition) is 0. The van der Waals surface area contributed by atoms with E-state index in [2.05, 4.69) is 181 Å². The van der Waals surface area contributed by atoms with Crippen LogP contribution in [0.1, 0.15) is 0 Å². The van der Waals surface area contributed by atoms with Gasteiger partial charge in [-0.3, -0.25) is 0 Å². The Morgan fingerprint density at radius 2 is 0.800 bits per heavy atom. The summed E-state index contributed by atoms with van der Waals surface area (Å²) in [5.41, 5.74) is 16.8. The van der Waals surface area contributed by atoms with E-state index < -0.39 is 0 Å².